The molecule has 0 saturated carbocycles. The first-order chi connectivity index (χ1) is 8.54. The molecule has 0 heterocycles. The van der Waals surface area contributed by atoms with Gasteiger partial charge in [-0.3, -0.25) is 9.59 Å². The predicted octanol–water partition coefficient (Wildman–Crippen LogP) is 1.31. The van der Waals surface area contributed by atoms with Crippen LogP contribution in [0.1, 0.15) is 12.5 Å². The number of carbonyl (C=O) groups is 2. The second-order valence-electron chi connectivity index (χ2n) is 3.86. The monoisotopic (exact) mass is 251 g/mol. The highest BCUT2D eigenvalue weighted by atomic mass is 16.5. The van der Waals surface area contributed by atoms with Crippen molar-refractivity contribution in [1.82, 2.24) is 4.90 Å². The van der Waals surface area contributed by atoms with Crippen LogP contribution in [0.15, 0.2) is 24.3 Å². The molecule has 1 aromatic rings. The molecule has 18 heavy (non-hydrogen) atoms. The first-order valence-corrected chi connectivity index (χ1v) is 5.72. The zero-order chi connectivity index (χ0) is 13.5. The lowest BCUT2D eigenvalue weighted by atomic mass is 10.2. The lowest BCUT2D eigenvalue weighted by Crippen LogP contribution is -2.38. The number of carbonyl (C=O) groups excluding carboxylic acids is 1. The van der Waals surface area contributed by atoms with E-state index >= 15 is 0 Å². The van der Waals surface area contributed by atoms with Gasteiger partial charge in [-0.2, -0.15) is 0 Å². The van der Waals surface area contributed by atoms with Gasteiger partial charge in [0.1, 0.15) is 12.3 Å². The van der Waals surface area contributed by atoms with Crippen LogP contribution in [0.5, 0.6) is 5.75 Å². The van der Waals surface area contributed by atoms with Gasteiger partial charge in [-0.05, 0) is 25.5 Å². The number of rotatable bonds is 6. The van der Waals surface area contributed by atoms with Crippen molar-refractivity contribution in [3.8, 4) is 5.75 Å². The number of para-hydroxylation sites is 1. The van der Waals surface area contributed by atoms with Crippen molar-refractivity contribution in [2.45, 2.75) is 13.8 Å². The summed E-state index contributed by atoms with van der Waals surface area (Å²) in [5, 5.41) is 8.66. The Bertz CT molecular complexity index is 431. The minimum Gasteiger partial charge on any atom is -0.484 e. The van der Waals surface area contributed by atoms with E-state index in [2.05, 4.69) is 0 Å². The number of carboxylic acids is 1. The van der Waals surface area contributed by atoms with Gasteiger partial charge in [-0.1, -0.05) is 18.2 Å². The molecule has 98 valence electrons. The Kier molecular flexibility index (Phi) is 5.17. The van der Waals surface area contributed by atoms with E-state index in [0.717, 1.165) is 5.56 Å². The average molecular weight is 251 g/mol. The Morgan fingerprint density at radius 3 is 2.56 bits per heavy atom. The molecule has 1 aromatic carbocycles. The Balaban J connectivity index is 2.54. The Hall–Kier alpha value is -2.04. The summed E-state index contributed by atoms with van der Waals surface area (Å²) in [5.74, 6) is -0.721. The fourth-order valence-electron chi connectivity index (χ4n) is 1.49. The second kappa shape index (κ2) is 6.64. The lowest BCUT2D eigenvalue weighted by molar-refractivity contribution is -0.145. The van der Waals surface area contributed by atoms with E-state index in [1.54, 1.807) is 13.0 Å². The minimum absolute atomic E-state index is 0.147. The molecule has 1 N–H and O–H groups in total. The number of aliphatic carboxylic acids is 1. The molecule has 0 aliphatic rings. The van der Waals surface area contributed by atoms with Gasteiger partial charge in [0.05, 0.1) is 0 Å². The molecule has 0 radical (unpaired) electrons. The molecule has 1 amide bonds. The van der Waals surface area contributed by atoms with Crippen molar-refractivity contribution in [3.63, 3.8) is 0 Å². The molecule has 0 aromatic heterocycles. The number of hydrogen-bond donors (Lipinski definition) is 1. The maximum atomic E-state index is 11.7. The topological polar surface area (TPSA) is 66.8 Å². The van der Waals surface area contributed by atoms with E-state index in [0.29, 0.717) is 12.3 Å². The summed E-state index contributed by atoms with van der Waals surface area (Å²) in [6.45, 7) is 3.52. The van der Waals surface area contributed by atoms with E-state index in [9.17, 15) is 9.59 Å². The van der Waals surface area contributed by atoms with Gasteiger partial charge in [0, 0.05) is 6.54 Å². The molecule has 5 nitrogen and oxygen atoms in total. The number of ether oxygens (including phenoxy) is 1. The molecule has 0 unspecified atom stereocenters. The zero-order valence-electron chi connectivity index (χ0n) is 10.5. The summed E-state index contributed by atoms with van der Waals surface area (Å²) in [5.41, 5.74) is 0.937. The first kappa shape index (κ1) is 14.0. The van der Waals surface area contributed by atoms with E-state index in [1.807, 2.05) is 25.1 Å². The van der Waals surface area contributed by atoms with E-state index in [4.69, 9.17) is 9.84 Å². The maximum Gasteiger partial charge on any atom is 0.323 e. The average Bonchev–Trinajstić information content (AvgIpc) is 2.34. The third-order valence-corrected chi connectivity index (χ3v) is 2.51. The summed E-state index contributed by atoms with van der Waals surface area (Å²) >= 11 is 0. The van der Waals surface area contributed by atoms with Crippen molar-refractivity contribution in [2.75, 3.05) is 19.7 Å². The number of benzene rings is 1. The number of amides is 1. The minimum atomic E-state index is -1.03. The summed E-state index contributed by atoms with van der Waals surface area (Å²) in [4.78, 5) is 23.5. The summed E-state index contributed by atoms with van der Waals surface area (Å²) in [6, 6.07) is 7.36. The number of nitrogens with zero attached hydrogens (tertiary/aromatic N) is 1. The van der Waals surface area contributed by atoms with Crippen LogP contribution < -0.4 is 4.74 Å². The predicted molar refractivity (Wildman–Crippen MR) is 66.6 cm³/mol. The molecule has 0 saturated heterocycles. The SMILES string of the molecule is CCN(CC(=O)O)C(=O)COc1ccccc1C. The van der Waals surface area contributed by atoms with Gasteiger partial charge in [0.25, 0.3) is 5.91 Å². The van der Waals surface area contributed by atoms with E-state index in [-0.39, 0.29) is 19.1 Å². The van der Waals surface area contributed by atoms with Gasteiger partial charge in [0.2, 0.25) is 0 Å². The molecule has 5 heteroatoms. The van der Waals surface area contributed by atoms with Crippen LogP contribution in [-0.2, 0) is 9.59 Å². The molecule has 1 rings (SSSR count). The van der Waals surface area contributed by atoms with Crippen LogP contribution in [0.2, 0.25) is 0 Å². The number of likely N-dealkylation sites (N-methyl/N-ethyl adjacent to an activating group) is 1. The highest BCUT2D eigenvalue weighted by Gasteiger charge is 2.15. The zero-order valence-corrected chi connectivity index (χ0v) is 10.5. The van der Waals surface area contributed by atoms with Gasteiger partial charge in [0.15, 0.2) is 6.61 Å². The first-order valence-electron chi connectivity index (χ1n) is 5.72. The standard InChI is InChI=1S/C13H17NO4/c1-3-14(8-13(16)17)12(15)9-18-11-7-5-4-6-10(11)2/h4-7H,3,8-9H2,1-2H3,(H,16,17). The van der Waals surface area contributed by atoms with Crippen molar-refractivity contribution in [1.29, 1.82) is 0 Å². The molecular formula is C13H17NO4. The molecule has 0 bridgehead atoms. The molecule has 0 atom stereocenters. The highest BCUT2D eigenvalue weighted by molar-refractivity contribution is 5.82. The van der Waals surface area contributed by atoms with Gasteiger partial charge >= 0.3 is 5.97 Å². The van der Waals surface area contributed by atoms with Crippen LogP contribution in [0.3, 0.4) is 0 Å². The fraction of sp³-hybridized carbons (Fsp3) is 0.385. The third kappa shape index (κ3) is 4.08. The van der Waals surface area contributed by atoms with Gasteiger partial charge < -0.3 is 14.7 Å². The van der Waals surface area contributed by atoms with Crippen LogP contribution in [0.4, 0.5) is 0 Å². The normalized spacial score (nSPS) is 9.89. The maximum absolute atomic E-state index is 11.7. The summed E-state index contributed by atoms with van der Waals surface area (Å²) in [6.07, 6.45) is 0. The van der Waals surface area contributed by atoms with Crippen molar-refractivity contribution < 1.29 is 19.4 Å². The van der Waals surface area contributed by atoms with Crippen LogP contribution in [-0.4, -0.2) is 41.6 Å². The smallest absolute Gasteiger partial charge is 0.323 e. The number of hydrogen-bond acceptors (Lipinski definition) is 3. The molecule has 0 fully saturated rings. The second-order valence-corrected chi connectivity index (χ2v) is 3.86. The largest absolute Gasteiger partial charge is 0.484 e. The van der Waals surface area contributed by atoms with Gasteiger partial charge in [-0.25, -0.2) is 0 Å². The highest BCUT2D eigenvalue weighted by Crippen LogP contribution is 2.15. The quantitative estimate of drug-likeness (QED) is 0.827. The van der Waals surface area contributed by atoms with Crippen LogP contribution in [0, 0.1) is 6.92 Å². The summed E-state index contributed by atoms with van der Waals surface area (Å²) < 4.78 is 5.38. The Labute approximate surface area is 106 Å². The van der Waals surface area contributed by atoms with Gasteiger partial charge in [-0.15, -0.1) is 0 Å². The third-order valence-electron chi connectivity index (χ3n) is 2.51. The Morgan fingerprint density at radius 1 is 1.33 bits per heavy atom. The molecule has 0 spiro atoms. The van der Waals surface area contributed by atoms with E-state index < -0.39 is 5.97 Å². The lowest BCUT2D eigenvalue weighted by Gasteiger charge is -2.19. The Morgan fingerprint density at radius 2 is 2.00 bits per heavy atom. The number of aryl methyl sites for hydroxylation is 1. The van der Waals surface area contributed by atoms with Crippen molar-refractivity contribution >= 4 is 11.9 Å². The van der Waals surface area contributed by atoms with Crippen molar-refractivity contribution in [2.24, 2.45) is 0 Å². The molecule has 0 aliphatic carbocycles. The fourth-order valence-corrected chi connectivity index (χ4v) is 1.49. The van der Waals surface area contributed by atoms with Crippen LogP contribution >= 0.6 is 0 Å². The van der Waals surface area contributed by atoms with Crippen molar-refractivity contribution in [3.05, 3.63) is 29.8 Å². The van der Waals surface area contributed by atoms with Crippen LogP contribution in [0.25, 0.3) is 0 Å². The molecular weight excluding hydrogens is 234 g/mol. The van der Waals surface area contributed by atoms with E-state index in [1.165, 1.54) is 4.90 Å². The number of carboxylic acid groups (broad SMARTS) is 1. The summed E-state index contributed by atoms with van der Waals surface area (Å²) in [7, 11) is 0. The molecule has 0 aliphatic heterocycles.